The molecule has 3 heteroatoms. The monoisotopic (exact) mass is 370 g/mol. The van der Waals surface area contributed by atoms with Crippen molar-refractivity contribution >= 4 is 11.0 Å². The molecule has 0 radical (unpaired) electrons. The lowest BCUT2D eigenvalue weighted by atomic mass is 10.0. The Labute approximate surface area is 166 Å². The molecule has 0 amide bonds. The van der Waals surface area contributed by atoms with Gasteiger partial charge in [-0.1, -0.05) is 68.4 Å². The minimum Gasteiger partial charge on any atom is -0.494 e. The summed E-state index contributed by atoms with van der Waals surface area (Å²) in [6, 6.07) is 27.1. The molecule has 3 aromatic carbocycles. The van der Waals surface area contributed by atoms with Gasteiger partial charge in [0.15, 0.2) is 0 Å². The first-order valence-electron chi connectivity index (χ1n) is 9.96. The zero-order valence-electron chi connectivity index (χ0n) is 16.5. The maximum Gasteiger partial charge on any atom is 0.141 e. The van der Waals surface area contributed by atoms with Crippen molar-refractivity contribution < 1.29 is 4.74 Å². The summed E-state index contributed by atoms with van der Waals surface area (Å²) in [7, 11) is 0. The fourth-order valence-electron chi connectivity index (χ4n) is 3.47. The largest absolute Gasteiger partial charge is 0.494 e. The van der Waals surface area contributed by atoms with E-state index in [1.165, 1.54) is 11.1 Å². The molecule has 28 heavy (non-hydrogen) atoms. The van der Waals surface area contributed by atoms with Crippen LogP contribution in [0.3, 0.4) is 0 Å². The summed E-state index contributed by atoms with van der Waals surface area (Å²) in [5, 5.41) is 0. The first-order chi connectivity index (χ1) is 13.7. The molecular formula is C25H26N2O. The van der Waals surface area contributed by atoms with E-state index in [0.717, 1.165) is 35.6 Å². The Kier molecular flexibility index (Phi) is 5.43. The predicted octanol–water partition coefficient (Wildman–Crippen LogP) is 6.30. The number of aromatic nitrogens is 2. The number of benzene rings is 3. The third-order valence-electron chi connectivity index (χ3n) is 5.03. The van der Waals surface area contributed by atoms with Crippen LogP contribution in [0.5, 0.6) is 5.75 Å². The van der Waals surface area contributed by atoms with Crippen LogP contribution in [0, 0.1) is 0 Å². The van der Waals surface area contributed by atoms with Crippen LogP contribution in [-0.2, 0) is 6.54 Å². The maximum atomic E-state index is 5.96. The lowest BCUT2D eigenvalue weighted by molar-refractivity contribution is 0.303. The molecule has 1 heterocycles. The van der Waals surface area contributed by atoms with E-state index >= 15 is 0 Å². The molecule has 4 rings (SSSR count). The van der Waals surface area contributed by atoms with Crippen molar-refractivity contribution in [3.05, 3.63) is 84.4 Å². The molecule has 4 aromatic rings. The highest BCUT2D eigenvalue weighted by atomic mass is 16.5. The van der Waals surface area contributed by atoms with E-state index < -0.39 is 0 Å². The lowest BCUT2D eigenvalue weighted by Crippen LogP contribution is -2.06. The number of imidazole rings is 1. The number of hydrogen-bond donors (Lipinski definition) is 0. The van der Waals surface area contributed by atoms with Crippen LogP contribution in [0.1, 0.15) is 31.7 Å². The van der Waals surface area contributed by atoms with Gasteiger partial charge in [-0.2, -0.15) is 0 Å². The zero-order valence-corrected chi connectivity index (χ0v) is 16.5. The van der Waals surface area contributed by atoms with Gasteiger partial charge in [-0.25, -0.2) is 4.98 Å². The van der Waals surface area contributed by atoms with E-state index in [0.29, 0.717) is 12.5 Å². The second-order valence-corrected chi connectivity index (χ2v) is 7.37. The van der Waals surface area contributed by atoms with Crippen LogP contribution >= 0.6 is 0 Å². The van der Waals surface area contributed by atoms with E-state index in [2.05, 4.69) is 85.1 Å². The first kappa shape index (κ1) is 18.3. The Balaban J connectivity index is 1.47. The molecule has 3 nitrogen and oxygen atoms in total. The Hall–Kier alpha value is -3.07. The van der Waals surface area contributed by atoms with Gasteiger partial charge in [0, 0.05) is 12.1 Å². The molecule has 0 aliphatic carbocycles. The number of rotatable bonds is 7. The normalized spacial score (nSPS) is 11.2. The number of aryl methyl sites for hydroxylation is 1. The summed E-state index contributed by atoms with van der Waals surface area (Å²) in [5.41, 5.74) is 4.68. The van der Waals surface area contributed by atoms with Crippen molar-refractivity contribution in [3.8, 4) is 17.1 Å². The van der Waals surface area contributed by atoms with Crippen molar-refractivity contribution in [2.45, 2.75) is 32.7 Å². The van der Waals surface area contributed by atoms with Crippen molar-refractivity contribution in [1.82, 2.24) is 9.55 Å². The Morgan fingerprint density at radius 3 is 2.32 bits per heavy atom. The molecule has 0 N–H and O–H groups in total. The second-order valence-electron chi connectivity index (χ2n) is 7.37. The van der Waals surface area contributed by atoms with Gasteiger partial charge in [0.1, 0.15) is 11.6 Å². The van der Waals surface area contributed by atoms with Crippen LogP contribution < -0.4 is 4.74 Å². The van der Waals surface area contributed by atoms with Crippen molar-refractivity contribution in [1.29, 1.82) is 0 Å². The minimum atomic E-state index is 0.542. The third kappa shape index (κ3) is 3.94. The Bertz CT molecular complexity index is 1030. The summed E-state index contributed by atoms with van der Waals surface area (Å²) < 4.78 is 8.26. The summed E-state index contributed by atoms with van der Waals surface area (Å²) in [6.07, 6.45) is 0.923. The van der Waals surface area contributed by atoms with E-state index in [-0.39, 0.29) is 0 Å². The van der Waals surface area contributed by atoms with Gasteiger partial charge in [0.05, 0.1) is 17.6 Å². The van der Waals surface area contributed by atoms with E-state index in [1.54, 1.807) is 0 Å². The highest BCUT2D eigenvalue weighted by Gasteiger charge is 2.11. The van der Waals surface area contributed by atoms with Crippen molar-refractivity contribution in [2.75, 3.05) is 6.61 Å². The minimum absolute atomic E-state index is 0.542. The Morgan fingerprint density at radius 1 is 0.857 bits per heavy atom. The molecule has 0 fully saturated rings. The molecule has 0 bridgehead atoms. The zero-order chi connectivity index (χ0) is 19.3. The highest BCUT2D eigenvalue weighted by Crippen LogP contribution is 2.25. The highest BCUT2D eigenvalue weighted by molar-refractivity contribution is 5.80. The molecule has 0 spiro atoms. The average Bonchev–Trinajstić information content (AvgIpc) is 3.11. The van der Waals surface area contributed by atoms with Crippen LogP contribution in [0.25, 0.3) is 22.4 Å². The van der Waals surface area contributed by atoms with Crippen LogP contribution in [0.2, 0.25) is 0 Å². The summed E-state index contributed by atoms with van der Waals surface area (Å²) in [5.74, 6) is 2.49. The lowest BCUT2D eigenvalue weighted by Gasteiger charge is -2.11. The molecule has 0 atom stereocenters. The summed E-state index contributed by atoms with van der Waals surface area (Å²) in [6.45, 7) is 5.96. The predicted molar refractivity (Wildman–Crippen MR) is 116 cm³/mol. The van der Waals surface area contributed by atoms with Crippen LogP contribution in [0.15, 0.2) is 78.9 Å². The molecule has 142 valence electrons. The number of nitrogens with zero attached hydrogens (tertiary/aromatic N) is 2. The molecule has 0 unspecified atom stereocenters. The van der Waals surface area contributed by atoms with E-state index in [9.17, 15) is 0 Å². The first-order valence-corrected chi connectivity index (χ1v) is 9.96. The van der Waals surface area contributed by atoms with Gasteiger partial charge in [0.25, 0.3) is 0 Å². The summed E-state index contributed by atoms with van der Waals surface area (Å²) >= 11 is 0. The molecule has 1 aromatic heterocycles. The quantitative estimate of drug-likeness (QED) is 0.357. The second kappa shape index (κ2) is 8.30. The number of para-hydroxylation sites is 2. The van der Waals surface area contributed by atoms with Crippen molar-refractivity contribution in [2.24, 2.45) is 0 Å². The fraction of sp³-hybridized carbons (Fsp3) is 0.240. The summed E-state index contributed by atoms with van der Waals surface area (Å²) in [4.78, 5) is 4.87. The van der Waals surface area contributed by atoms with E-state index in [1.807, 2.05) is 12.1 Å². The Morgan fingerprint density at radius 2 is 1.57 bits per heavy atom. The topological polar surface area (TPSA) is 27.1 Å². The van der Waals surface area contributed by atoms with Gasteiger partial charge < -0.3 is 9.30 Å². The van der Waals surface area contributed by atoms with Gasteiger partial charge in [-0.15, -0.1) is 0 Å². The number of fused-ring (bicyclic) bond motifs is 1. The van der Waals surface area contributed by atoms with E-state index in [4.69, 9.17) is 9.72 Å². The standard InChI is InChI=1S/C25H26N2O/c1-19(2)20-13-15-22(16-14-20)28-18-8-17-27-24-12-7-6-11-23(24)26-25(27)21-9-4-3-5-10-21/h3-7,9-16,19H,8,17-18H2,1-2H3. The van der Waals surface area contributed by atoms with Crippen molar-refractivity contribution in [3.63, 3.8) is 0 Å². The number of hydrogen-bond acceptors (Lipinski definition) is 2. The van der Waals surface area contributed by atoms with Gasteiger partial charge in [-0.3, -0.25) is 0 Å². The molecule has 0 saturated heterocycles. The van der Waals surface area contributed by atoms with Crippen LogP contribution in [-0.4, -0.2) is 16.2 Å². The number of ether oxygens (including phenoxy) is 1. The molecule has 0 saturated carbocycles. The smallest absolute Gasteiger partial charge is 0.141 e. The van der Waals surface area contributed by atoms with Gasteiger partial charge >= 0.3 is 0 Å². The molecular weight excluding hydrogens is 344 g/mol. The SMILES string of the molecule is CC(C)c1ccc(OCCCn2c(-c3ccccc3)nc3ccccc32)cc1. The van der Waals surface area contributed by atoms with Gasteiger partial charge in [0.2, 0.25) is 0 Å². The molecule has 0 aliphatic rings. The average molecular weight is 370 g/mol. The fourth-order valence-corrected chi connectivity index (χ4v) is 3.47. The molecule has 0 aliphatic heterocycles. The third-order valence-corrected chi connectivity index (χ3v) is 5.03. The van der Waals surface area contributed by atoms with Gasteiger partial charge in [-0.05, 0) is 42.2 Å². The maximum absolute atomic E-state index is 5.96. The van der Waals surface area contributed by atoms with Crippen LogP contribution in [0.4, 0.5) is 0 Å².